The number of rotatable bonds is 2. The zero-order chi connectivity index (χ0) is 9.90. The van der Waals surface area contributed by atoms with Gasteiger partial charge in [0.15, 0.2) is 0 Å². The van der Waals surface area contributed by atoms with Crippen LogP contribution in [-0.2, 0) is 9.47 Å². The van der Waals surface area contributed by atoms with Crippen LogP contribution in [0.5, 0.6) is 0 Å². The molecule has 0 aliphatic heterocycles. The molecule has 1 saturated carbocycles. The van der Waals surface area contributed by atoms with Crippen molar-refractivity contribution in [1.82, 2.24) is 0 Å². The Morgan fingerprint density at radius 2 is 1.69 bits per heavy atom. The predicted molar refractivity (Wildman–Crippen MR) is 53.8 cm³/mol. The van der Waals surface area contributed by atoms with E-state index in [1.807, 2.05) is 0 Å². The Bertz CT molecular complexity index is 154. The number of hydrogen-bond acceptors (Lipinski definition) is 2. The Kier molecular flexibility index (Phi) is 3.74. The van der Waals surface area contributed by atoms with Crippen LogP contribution in [0.4, 0.5) is 0 Å². The molecule has 1 aliphatic carbocycles. The zero-order valence-electron chi connectivity index (χ0n) is 9.30. The first kappa shape index (κ1) is 11.0. The van der Waals surface area contributed by atoms with E-state index >= 15 is 0 Å². The molecule has 2 atom stereocenters. The van der Waals surface area contributed by atoms with E-state index in [0.717, 1.165) is 12.8 Å². The van der Waals surface area contributed by atoms with Crippen LogP contribution in [-0.4, -0.2) is 26.4 Å². The Morgan fingerprint density at radius 3 is 2.23 bits per heavy atom. The van der Waals surface area contributed by atoms with Crippen LogP contribution < -0.4 is 0 Å². The smallest absolute Gasteiger partial charge is 0.0601 e. The van der Waals surface area contributed by atoms with Gasteiger partial charge in [0.1, 0.15) is 0 Å². The monoisotopic (exact) mass is 186 g/mol. The second-order valence-electron chi connectivity index (χ2n) is 4.86. The lowest BCUT2D eigenvalue weighted by Crippen LogP contribution is -2.21. The van der Waals surface area contributed by atoms with Gasteiger partial charge in [-0.1, -0.05) is 13.8 Å². The lowest BCUT2D eigenvalue weighted by atomic mass is 9.84. The van der Waals surface area contributed by atoms with Crippen LogP contribution in [0.15, 0.2) is 0 Å². The third kappa shape index (κ3) is 3.28. The number of ether oxygens (including phenoxy) is 2. The molecule has 1 fully saturated rings. The molecule has 0 bridgehead atoms. The molecule has 13 heavy (non-hydrogen) atoms. The summed E-state index contributed by atoms with van der Waals surface area (Å²) in [5.74, 6) is 0. The molecule has 1 aliphatic rings. The van der Waals surface area contributed by atoms with Crippen LogP contribution >= 0.6 is 0 Å². The van der Waals surface area contributed by atoms with Gasteiger partial charge < -0.3 is 9.47 Å². The van der Waals surface area contributed by atoms with Crippen molar-refractivity contribution in [2.45, 2.75) is 51.7 Å². The van der Waals surface area contributed by atoms with Crippen LogP contribution in [0.3, 0.4) is 0 Å². The molecule has 0 aromatic rings. The molecule has 2 nitrogen and oxygen atoms in total. The summed E-state index contributed by atoms with van der Waals surface area (Å²) in [6, 6.07) is 0. The maximum absolute atomic E-state index is 5.46. The highest BCUT2D eigenvalue weighted by Gasteiger charge is 2.30. The number of hydrogen-bond donors (Lipinski definition) is 0. The van der Waals surface area contributed by atoms with Gasteiger partial charge in [0.2, 0.25) is 0 Å². The Morgan fingerprint density at radius 1 is 1.08 bits per heavy atom. The van der Waals surface area contributed by atoms with Crippen molar-refractivity contribution in [1.29, 1.82) is 0 Å². The van der Waals surface area contributed by atoms with E-state index in [4.69, 9.17) is 9.47 Å². The molecule has 78 valence electrons. The van der Waals surface area contributed by atoms with Crippen LogP contribution in [0.2, 0.25) is 0 Å². The third-order valence-corrected chi connectivity index (χ3v) is 3.12. The second-order valence-corrected chi connectivity index (χ2v) is 4.86. The van der Waals surface area contributed by atoms with Crippen molar-refractivity contribution in [3.63, 3.8) is 0 Å². The Hall–Kier alpha value is -0.0800. The minimum atomic E-state index is 0.377. The normalized spacial score (nSPS) is 34.2. The average molecular weight is 186 g/mol. The van der Waals surface area contributed by atoms with Gasteiger partial charge in [-0.25, -0.2) is 0 Å². The van der Waals surface area contributed by atoms with Crippen LogP contribution in [0.1, 0.15) is 39.5 Å². The molecular formula is C11H22O2. The second kappa shape index (κ2) is 4.43. The van der Waals surface area contributed by atoms with Gasteiger partial charge in [0.05, 0.1) is 12.2 Å². The summed E-state index contributed by atoms with van der Waals surface area (Å²) in [6.45, 7) is 4.63. The molecule has 0 aromatic carbocycles. The third-order valence-electron chi connectivity index (χ3n) is 3.12. The van der Waals surface area contributed by atoms with E-state index in [1.54, 1.807) is 14.2 Å². The summed E-state index contributed by atoms with van der Waals surface area (Å²) >= 11 is 0. The van der Waals surface area contributed by atoms with E-state index in [1.165, 1.54) is 12.8 Å². The quantitative estimate of drug-likeness (QED) is 0.617. The first-order chi connectivity index (χ1) is 6.07. The van der Waals surface area contributed by atoms with Crippen LogP contribution in [0.25, 0.3) is 0 Å². The summed E-state index contributed by atoms with van der Waals surface area (Å²) < 4.78 is 10.9. The van der Waals surface area contributed by atoms with Gasteiger partial charge in [0.25, 0.3) is 0 Å². The lowest BCUT2D eigenvalue weighted by molar-refractivity contribution is 0.0210. The van der Waals surface area contributed by atoms with E-state index in [2.05, 4.69) is 13.8 Å². The molecule has 0 spiro atoms. The van der Waals surface area contributed by atoms with E-state index < -0.39 is 0 Å². The van der Waals surface area contributed by atoms with Gasteiger partial charge in [-0.05, 0) is 31.1 Å². The van der Waals surface area contributed by atoms with Crippen molar-refractivity contribution in [3.8, 4) is 0 Å². The molecule has 2 heteroatoms. The van der Waals surface area contributed by atoms with Gasteiger partial charge in [0, 0.05) is 14.2 Å². The topological polar surface area (TPSA) is 18.5 Å². The molecule has 0 radical (unpaired) electrons. The standard InChI is InChI=1S/C11H22O2/c1-11(2)6-5-9(12-3)7-10(8-11)13-4/h9-10H,5-8H2,1-4H3. The molecule has 0 heterocycles. The maximum Gasteiger partial charge on any atom is 0.0601 e. The largest absolute Gasteiger partial charge is 0.381 e. The first-order valence-corrected chi connectivity index (χ1v) is 5.13. The SMILES string of the molecule is COC1CCC(C)(C)CC(OC)C1. The predicted octanol–water partition coefficient (Wildman–Crippen LogP) is 2.62. The highest BCUT2D eigenvalue weighted by atomic mass is 16.5. The summed E-state index contributed by atoms with van der Waals surface area (Å²) in [5, 5.41) is 0. The fourth-order valence-electron chi connectivity index (χ4n) is 2.16. The molecule has 1 rings (SSSR count). The first-order valence-electron chi connectivity index (χ1n) is 5.13. The van der Waals surface area contributed by atoms with Gasteiger partial charge >= 0.3 is 0 Å². The fourth-order valence-corrected chi connectivity index (χ4v) is 2.16. The summed E-state index contributed by atoms with van der Waals surface area (Å²) in [4.78, 5) is 0. The molecule has 0 amide bonds. The number of methoxy groups -OCH3 is 2. The summed E-state index contributed by atoms with van der Waals surface area (Å²) in [5.41, 5.74) is 0.411. The highest BCUT2D eigenvalue weighted by molar-refractivity contribution is 4.81. The van der Waals surface area contributed by atoms with E-state index in [-0.39, 0.29) is 0 Å². The van der Waals surface area contributed by atoms with Crippen molar-refractivity contribution < 1.29 is 9.47 Å². The van der Waals surface area contributed by atoms with Crippen LogP contribution in [0, 0.1) is 5.41 Å². The van der Waals surface area contributed by atoms with E-state index in [0.29, 0.717) is 17.6 Å². The van der Waals surface area contributed by atoms with E-state index in [9.17, 15) is 0 Å². The maximum atomic E-state index is 5.46. The van der Waals surface area contributed by atoms with Gasteiger partial charge in [-0.15, -0.1) is 0 Å². The summed E-state index contributed by atoms with van der Waals surface area (Å²) in [6.07, 6.45) is 5.39. The summed E-state index contributed by atoms with van der Waals surface area (Å²) in [7, 11) is 3.61. The minimum absolute atomic E-state index is 0.377. The van der Waals surface area contributed by atoms with Gasteiger partial charge in [-0.3, -0.25) is 0 Å². The van der Waals surface area contributed by atoms with Crippen molar-refractivity contribution in [2.75, 3.05) is 14.2 Å². The molecule has 0 aromatic heterocycles. The molecule has 0 saturated heterocycles. The Labute approximate surface area is 81.6 Å². The highest BCUT2D eigenvalue weighted by Crippen LogP contribution is 2.35. The lowest BCUT2D eigenvalue weighted by Gasteiger charge is -2.25. The zero-order valence-corrected chi connectivity index (χ0v) is 9.30. The Balaban J connectivity index is 2.57. The van der Waals surface area contributed by atoms with Crippen molar-refractivity contribution >= 4 is 0 Å². The molecule has 2 unspecified atom stereocenters. The minimum Gasteiger partial charge on any atom is -0.381 e. The molecule has 0 N–H and O–H groups in total. The average Bonchev–Trinajstić information content (AvgIpc) is 2.23. The fraction of sp³-hybridized carbons (Fsp3) is 1.00. The van der Waals surface area contributed by atoms with Crippen molar-refractivity contribution in [3.05, 3.63) is 0 Å². The van der Waals surface area contributed by atoms with Gasteiger partial charge in [-0.2, -0.15) is 0 Å². The van der Waals surface area contributed by atoms with Crippen molar-refractivity contribution in [2.24, 2.45) is 5.41 Å². The molecular weight excluding hydrogens is 164 g/mol.